The summed E-state index contributed by atoms with van der Waals surface area (Å²) in [6, 6.07) is 2.75. The van der Waals surface area contributed by atoms with E-state index in [1.54, 1.807) is 7.11 Å². The molecule has 0 saturated heterocycles. The highest BCUT2D eigenvalue weighted by atomic mass is 35.5. The van der Waals surface area contributed by atoms with Crippen molar-refractivity contribution in [2.45, 2.75) is 42.8 Å². The summed E-state index contributed by atoms with van der Waals surface area (Å²) < 4.78 is 32.8. The van der Waals surface area contributed by atoms with Crippen LogP contribution in [-0.2, 0) is 21.3 Å². The Morgan fingerprint density at radius 2 is 2.10 bits per heavy atom. The van der Waals surface area contributed by atoms with Gasteiger partial charge in [-0.2, -0.15) is 0 Å². The summed E-state index contributed by atoms with van der Waals surface area (Å²) in [4.78, 5) is 0.00915. The number of sulfonamides is 1. The van der Waals surface area contributed by atoms with Crippen molar-refractivity contribution in [3.63, 3.8) is 0 Å². The van der Waals surface area contributed by atoms with Crippen LogP contribution in [0.25, 0.3) is 0 Å². The molecular weight excluding hydrogens is 335 g/mol. The minimum atomic E-state index is -3.71. The molecule has 0 bridgehead atoms. The third-order valence-corrected chi connectivity index (χ3v) is 6.14. The summed E-state index contributed by atoms with van der Waals surface area (Å²) in [7, 11) is -2.08. The SMILES string of the molecule is COC1CCC(NS(=O)(=O)c2ccc(Cl)c(CN)c2Cl)C1. The molecule has 5 nitrogen and oxygen atoms in total. The molecule has 1 fully saturated rings. The van der Waals surface area contributed by atoms with Gasteiger partial charge in [0, 0.05) is 30.3 Å². The van der Waals surface area contributed by atoms with Gasteiger partial charge >= 0.3 is 0 Å². The molecular formula is C13H18Cl2N2O3S. The zero-order valence-corrected chi connectivity index (χ0v) is 13.9. The van der Waals surface area contributed by atoms with Gasteiger partial charge in [-0.25, -0.2) is 13.1 Å². The van der Waals surface area contributed by atoms with Crippen LogP contribution >= 0.6 is 23.2 Å². The first kappa shape index (κ1) is 17.0. The highest BCUT2D eigenvalue weighted by Gasteiger charge is 2.30. The zero-order valence-electron chi connectivity index (χ0n) is 11.6. The van der Waals surface area contributed by atoms with Crippen molar-refractivity contribution in [3.05, 3.63) is 27.7 Å². The number of ether oxygens (including phenoxy) is 1. The van der Waals surface area contributed by atoms with Gasteiger partial charge in [-0.05, 0) is 31.4 Å². The molecule has 118 valence electrons. The molecule has 8 heteroatoms. The molecule has 0 amide bonds. The van der Waals surface area contributed by atoms with Gasteiger partial charge in [0.1, 0.15) is 4.90 Å². The largest absolute Gasteiger partial charge is 0.381 e. The standard InChI is InChI=1S/C13H18Cl2N2O3S/c1-20-9-3-2-8(6-9)17-21(18,19)12-5-4-11(14)10(7-16)13(12)15/h4-5,8-9,17H,2-3,6-7,16H2,1H3. The molecule has 3 N–H and O–H groups in total. The third-order valence-electron chi connectivity index (χ3n) is 3.68. The molecule has 1 aliphatic rings. The van der Waals surface area contributed by atoms with E-state index in [0.29, 0.717) is 17.0 Å². The first-order valence-corrected chi connectivity index (χ1v) is 8.85. The van der Waals surface area contributed by atoms with Crippen LogP contribution in [-0.4, -0.2) is 27.7 Å². The fraction of sp³-hybridized carbons (Fsp3) is 0.538. The van der Waals surface area contributed by atoms with Crippen LogP contribution in [0, 0.1) is 0 Å². The Morgan fingerprint density at radius 1 is 1.38 bits per heavy atom. The average Bonchev–Trinajstić information content (AvgIpc) is 2.85. The van der Waals surface area contributed by atoms with Crippen molar-refractivity contribution in [1.29, 1.82) is 0 Å². The minimum absolute atomic E-state index is 0.00915. The molecule has 1 aromatic rings. The lowest BCUT2D eigenvalue weighted by Crippen LogP contribution is -2.33. The molecule has 2 rings (SSSR count). The van der Waals surface area contributed by atoms with E-state index in [4.69, 9.17) is 33.7 Å². The summed E-state index contributed by atoms with van der Waals surface area (Å²) >= 11 is 12.1. The first-order chi connectivity index (χ1) is 9.89. The van der Waals surface area contributed by atoms with E-state index < -0.39 is 10.0 Å². The van der Waals surface area contributed by atoms with Gasteiger partial charge in [-0.3, -0.25) is 0 Å². The normalized spacial score (nSPS) is 22.7. The van der Waals surface area contributed by atoms with E-state index in [1.165, 1.54) is 12.1 Å². The molecule has 0 radical (unpaired) electrons. The molecule has 1 aliphatic carbocycles. The van der Waals surface area contributed by atoms with Gasteiger partial charge in [0.15, 0.2) is 0 Å². The molecule has 1 saturated carbocycles. The predicted octanol–water partition coefficient (Wildman–Crippen LogP) is 2.30. The Labute approximate surface area is 134 Å². The van der Waals surface area contributed by atoms with Crippen LogP contribution in [0.4, 0.5) is 0 Å². The summed E-state index contributed by atoms with van der Waals surface area (Å²) in [5.74, 6) is 0. The topological polar surface area (TPSA) is 81.4 Å². The molecule has 0 spiro atoms. The maximum atomic E-state index is 12.5. The third kappa shape index (κ3) is 3.70. The number of halogens is 2. The van der Waals surface area contributed by atoms with E-state index >= 15 is 0 Å². The van der Waals surface area contributed by atoms with Crippen LogP contribution in [0.1, 0.15) is 24.8 Å². The van der Waals surface area contributed by atoms with Gasteiger partial charge in [0.05, 0.1) is 11.1 Å². The number of benzene rings is 1. The number of hydrogen-bond acceptors (Lipinski definition) is 4. The van der Waals surface area contributed by atoms with Gasteiger partial charge < -0.3 is 10.5 Å². The monoisotopic (exact) mass is 352 g/mol. The van der Waals surface area contributed by atoms with E-state index in [2.05, 4.69) is 4.72 Å². The van der Waals surface area contributed by atoms with E-state index in [1.807, 2.05) is 0 Å². The lowest BCUT2D eigenvalue weighted by molar-refractivity contribution is 0.107. The van der Waals surface area contributed by atoms with Crippen molar-refractivity contribution in [2.75, 3.05) is 7.11 Å². The van der Waals surface area contributed by atoms with Crippen LogP contribution in [0.3, 0.4) is 0 Å². The van der Waals surface area contributed by atoms with Crippen LogP contribution in [0.2, 0.25) is 10.0 Å². The van der Waals surface area contributed by atoms with Crippen LogP contribution in [0.5, 0.6) is 0 Å². The summed E-state index contributed by atoms with van der Waals surface area (Å²) in [6.07, 6.45) is 2.33. The van der Waals surface area contributed by atoms with Gasteiger partial charge in [-0.1, -0.05) is 23.2 Å². The first-order valence-electron chi connectivity index (χ1n) is 6.61. The number of nitrogens with one attached hydrogen (secondary N) is 1. The highest BCUT2D eigenvalue weighted by Crippen LogP contribution is 2.31. The quantitative estimate of drug-likeness (QED) is 0.851. The summed E-state index contributed by atoms with van der Waals surface area (Å²) in [5.41, 5.74) is 6.00. The number of hydrogen-bond donors (Lipinski definition) is 2. The van der Waals surface area contributed by atoms with Crippen molar-refractivity contribution in [2.24, 2.45) is 5.73 Å². The predicted molar refractivity (Wildman–Crippen MR) is 83.1 cm³/mol. The second-order valence-corrected chi connectivity index (χ2v) is 7.50. The zero-order chi connectivity index (χ0) is 15.6. The number of rotatable bonds is 5. The van der Waals surface area contributed by atoms with Crippen LogP contribution < -0.4 is 10.5 Å². The van der Waals surface area contributed by atoms with Crippen molar-refractivity contribution in [1.82, 2.24) is 4.72 Å². The maximum absolute atomic E-state index is 12.5. The molecule has 21 heavy (non-hydrogen) atoms. The van der Waals surface area contributed by atoms with E-state index in [0.717, 1.165) is 12.8 Å². The number of nitrogens with two attached hydrogens (primary N) is 1. The smallest absolute Gasteiger partial charge is 0.242 e. The van der Waals surface area contributed by atoms with Crippen molar-refractivity contribution >= 4 is 33.2 Å². The fourth-order valence-electron chi connectivity index (χ4n) is 2.51. The average molecular weight is 353 g/mol. The van der Waals surface area contributed by atoms with E-state index in [-0.39, 0.29) is 28.6 Å². The Morgan fingerprint density at radius 3 is 2.67 bits per heavy atom. The second-order valence-electron chi connectivity index (χ2n) is 5.03. The molecule has 0 aromatic heterocycles. The Balaban J connectivity index is 2.24. The highest BCUT2D eigenvalue weighted by molar-refractivity contribution is 7.89. The lowest BCUT2D eigenvalue weighted by Gasteiger charge is -2.16. The Hall–Kier alpha value is -0.370. The molecule has 2 unspecified atom stereocenters. The summed E-state index contributed by atoms with van der Waals surface area (Å²) in [6.45, 7) is 0.0796. The van der Waals surface area contributed by atoms with Gasteiger partial charge in [0.25, 0.3) is 0 Å². The fourth-order valence-corrected chi connectivity index (χ4v) is 4.73. The lowest BCUT2D eigenvalue weighted by atomic mass is 10.2. The molecule has 0 heterocycles. The molecule has 1 aromatic carbocycles. The van der Waals surface area contributed by atoms with Gasteiger partial charge in [0.2, 0.25) is 10.0 Å². The second kappa shape index (κ2) is 6.81. The molecule has 0 aliphatic heterocycles. The number of methoxy groups -OCH3 is 1. The Bertz CT molecular complexity index is 622. The summed E-state index contributed by atoms with van der Waals surface area (Å²) in [5, 5.41) is 0.445. The Kier molecular flexibility index (Phi) is 5.51. The molecule has 2 atom stereocenters. The van der Waals surface area contributed by atoms with Gasteiger partial charge in [-0.15, -0.1) is 0 Å². The minimum Gasteiger partial charge on any atom is -0.381 e. The van der Waals surface area contributed by atoms with Crippen LogP contribution in [0.15, 0.2) is 17.0 Å². The van der Waals surface area contributed by atoms with Crippen molar-refractivity contribution in [3.8, 4) is 0 Å². The van der Waals surface area contributed by atoms with Crippen molar-refractivity contribution < 1.29 is 13.2 Å². The maximum Gasteiger partial charge on any atom is 0.242 e. The van der Waals surface area contributed by atoms with E-state index in [9.17, 15) is 8.42 Å².